The summed E-state index contributed by atoms with van der Waals surface area (Å²) in [5.74, 6) is 1.06. The first-order chi connectivity index (χ1) is 12.9. The van der Waals surface area contributed by atoms with Gasteiger partial charge in [0, 0.05) is 6.04 Å². The molecule has 0 radical (unpaired) electrons. The van der Waals surface area contributed by atoms with E-state index in [2.05, 4.69) is 74.7 Å². The van der Waals surface area contributed by atoms with Crippen LogP contribution in [0.3, 0.4) is 0 Å². The van der Waals surface area contributed by atoms with Gasteiger partial charge >= 0.3 is 5.96 Å². The van der Waals surface area contributed by atoms with E-state index in [0.29, 0.717) is 6.04 Å². The predicted octanol–water partition coefficient (Wildman–Crippen LogP) is 4.34. The van der Waals surface area contributed by atoms with Crippen LogP contribution in [0.2, 0.25) is 0 Å². The Labute approximate surface area is 156 Å². The van der Waals surface area contributed by atoms with E-state index in [1.54, 1.807) is 0 Å². The van der Waals surface area contributed by atoms with Crippen molar-refractivity contribution >= 4 is 17.3 Å². The summed E-state index contributed by atoms with van der Waals surface area (Å²) in [5, 5.41) is 7.21. The lowest BCUT2D eigenvalue weighted by Gasteiger charge is -2.34. The van der Waals surface area contributed by atoms with E-state index in [0.717, 1.165) is 25.0 Å². The molecule has 0 bridgehead atoms. The van der Waals surface area contributed by atoms with Gasteiger partial charge in [0.1, 0.15) is 19.0 Å². The molecule has 0 spiro atoms. The molecule has 2 N–H and O–H groups in total. The van der Waals surface area contributed by atoms with Crippen LogP contribution in [-0.4, -0.2) is 34.8 Å². The first-order valence-electron chi connectivity index (χ1n) is 9.90. The maximum Gasteiger partial charge on any atom is 0.357 e. The molecule has 26 heavy (non-hydrogen) atoms. The van der Waals surface area contributed by atoms with E-state index in [4.69, 9.17) is 0 Å². The summed E-state index contributed by atoms with van der Waals surface area (Å²) in [4.78, 5) is 2.61. The molecule has 2 aromatic carbocycles. The maximum atomic E-state index is 3.64. The van der Waals surface area contributed by atoms with Crippen LogP contribution in [0.15, 0.2) is 60.7 Å². The summed E-state index contributed by atoms with van der Waals surface area (Å²) >= 11 is 0. The first-order valence-corrected chi connectivity index (χ1v) is 9.90. The average Bonchev–Trinajstić information content (AvgIpc) is 2.99. The lowest BCUT2D eigenvalue weighted by atomic mass is 10.1. The van der Waals surface area contributed by atoms with Gasteiger partial charge in [0.05, 0.1) is 5.69 Å². The summed E-state index contributed by atoms with van der Waals surface area (Å²) < 4.78 is 2.36. The Morgan fingerprint density at radius 1 is 0.846 bits per heavy atom. The summed E-state index contributed by atoms with van der Waals surface area (Å²) in [6, 6.07) is 21.8. The minimum Gasteiger partial charge on any atom is -0.264 e. The van der Waals surface area contributed by atoms with E-state index in [1.807, 2.05) is 6.07 Å². The van der Waals surface area contributed by atoms with Crippen LogP contribution in [0.5, 0.6) is 0 Å². The van der Waals surface area contributed by atoms with Crippen molar-refractivity contribution in [3.05, 3.63) is 60.7 Å². The molecule has 1 aliphatic heterocycles. The Balaban J connectivity index is 1.60. The predicted molar refractivity (Wildman–Crippen MR) is 108 cm³/mol. The number of anilines is 1. The summed E-state index contributed by atoms with van der Waals surface area (Å²) in [5.41, 5.74) is 2.33. The Hall–Kier alpha value is -2.33. The molecular weight excluding hydrogens is 320 g/mol. The molecule has 0 aromatic heterocycles. The highest BCUT2D eigenvalue weighted by atomic mass is 15.4. The summed E-state index contributed by atoms with van der Waals surface area (Å²) in [6.07, 6.45) is 8.18. The van der Waals surface area contributed by atoms with Crippen LogP contribution in [0.4, 0.5) is 11.4 Å². The third-order valence-electron chi connectivity index (χ3n) is 5.49. The molecule has 1 fully saturated rings. The van der Waals surface area contributed by atoms with Gasteiger partial charge in [0.25, 0.3) is 0 Å². The van der Waals surface area contributed by atoms with Crippen molar-refractivity contribution in [2.75, 3.05) is 18.7 Å². The Morgan fingerprint density at radius 2 is 1.50 bits per heavy atom. The minimum atomic E-state index is 0.689. The smallest absolute Gasteiger partial charge is 0.264 e. The zero-order valence-corrected chi connectivity index (χ0v) is 15.4. The van der Waals surface area contributed by atoms with Crippen molar-refractivity contribution in [2.24, 2.45) is 0 Å². The maximum absolute atomic E-state index is 3.64. The van der Waals surface area contributed by atoms with Crippen molar-refractivity contribution in [1.29, 1.82) is 0 Å². The monoisotopic (exact) mass is 349 g/mol. The molecule has 2 aliphatic rings. The molecular formula is C22H29N4+. The van der Waals surface area contributed by atoms with E-state index in [9.17, 15) is 0 Å². The fourth-order valence-corrected chi connectivity index (χ4v) is 4.03. The van der Waals surface area contributed by atoms with Gasteiger partial charge in [-0.15, -0.1) is 0 Å². The number of hydrogen-bond donors (Lipinski definition) is 2. The molecule has 1 aliphatic carbocycles. The normalized spacial score (nSPS) is 19.7. The van der Waals surface area contributed by atoms with E-state index >= 15 is 0 Å². The van der Waals surface area contributed by atoms with Crippen molar-refractivity contribution in [3.63, 3.8) is 0 Å². The summed E-state index contributed by atoms with van der Waals surface area (Å²) in [6.45, 7) is 1.83. The van der Waals surface area contributed by atoms with Gasteiger partial charge in [0.15, 0.2) is 0 Å². The van der Waals surface area contributed by atoms with Crippen LogP contribution in [-0.2, 0) is 0 Å². The molecule has 4 nitrogen and oxygen atoms in total. The molecule has 136 valence electrons. The van der Waals surface area contributed by atoms with Gasteiger partial charge in [-0.25, -0.2) is 14.8 Å². The van der Waals surface area contributed by atoms with Crippen LogP contribution in [0, 0.1) is 0 Å². The second kappa shape index (κ2) is 8.37. The quantitative estimate of drug-likeness (QED) is 0.638. The minimum absolute atomic E-state index is 0.689. The molecule has 1 heterocycles. The number of rotatable bonds is 3. The van der Waals surface area contributed by atoms with Crippen LogP contribution in [0.1, 0.15) is 38.5 Å². The van der Waals surface area contributed by atoms with E-state index in [1.165, 1.54) is 44.2 Å². The Morgan fingerprint density at radius 3 is 2.19 bits per heavy atom. The van der Waals surface area contributed by atoms with E-state index in [-0.39, 0.29) is 0 Å². The zero-order valence-electron chi connectivity index (χ0n) is 15.4. The topological polar surface area (TPSA) is 30.3 Å². The highest BCUT2D eigenvalue weighted by Gasteiger charge is 2.29. The number of para-hydroxylation sites is 2. The van der Waals surface area contributed by atoms with Gasteiger partial charge in [-0.1, -0.05) is 62.1 Å². The van der Waals surface area contributed by atoms with Crippen molar-refractivity contribution < 1.29 is 4.58 Å². The van der Waals surface area contributed by atoms with Gasteiger partial charge < -0.3 is 0 Å². The third kappa shape index (κ3) is 4.07. The second-order valence-electron chi connectivity index (χ2n) is 7.31. The molecule has 4 rings (SSSR count). The number of nitrogens with one attached hydrogen (secondary N) is 2. The molecule has 0 unspecified atom stereocenters. The summed E-state index contributed by atoms with van der Waals surface area (Å²) in [7, 11) is 0. The highest BCUT2D eigenvalue weighted by molar-refractivity contribution is 5.90. The fourth-order valence-electron chi connectivity index (χ4n) is 4.03. The van der Waals surface area contributed by atoms with Crippen LogP contribution < -0.4 is 10.6 Å². The Kier molecular flexibility index (Phi) is 5.50. The van der Waals surface area contributed by atoms with Crippen LogP contribution >= 0.6 is 0 Å². The fraction of sp³-hybridized carbons (Fsp3) is 0.409. The second-order valence-corrected chi connectivity index (χ2v) is 7.31. The van der Waals surface area contributed by atoms with Crippen LogP contribution in [0.25, 0.3) is 0 Å². The molecule has 0 amide bonds. The van der Waals surface area contributed by atoms with Gasteiger partial charge in [0.2, 0.25) is 0 Å². The lowest BCUT2D eigenvalue weighted by molar-refractivity contribution is -0.479. The molecule has 0 atom stereocenters. The molecule has 4 heteroatoms. The number of guanidine groups is 1. The Bertz CT molecular complexity index is 718. The standard InChI is InChI=1S/C22H28N4/c1-2-8-14-20(13-7-1)25-17-23-22(24-19-11-5-3-6-12-19)26(18-25)21-15-9-4-10-16-21/h3-6,9-12,15-16,20H,1-2,7-8,13-14,17-18H2,(H,23,24)/p+1. The third-order valence-corrected chi connectivity index (χ3v) is 5.49. The van der Waals surface area contributed by atoms with Crippen molar-refractivity contribution in [2.45, 2.75) is 44.6 Å². The first kappa shape index (κ1) is 17.1. The largest absolute Gasteiger partial charge is 0.357 e. The van der Waals surface area contributed by atoms with Gasteiger partial charge in [-0.05, 0) is 37.1 Å². The number of benzene rings is 2. The molecule has 2 aromatic rings. The highest BCUT2D eigenvalue weighted by Crippen LogP contribution is 2.24. The SMILES string of the molecule is c1ccc(NC2=[N+](c3ccccc3)CN(C3CCCCCC3)CN2)cc1. The zero-order chi connectivity index (χ0) is 17.6. The number of nitrogens with zero attached hydrogens (tertiary/aromatic N) is 2. The van der Waals surface area contributed by atoms with E-state index < -0.39 is 0 Å². The molecule has 0 saturated heterocycles. The van der Waals surface area contributed by atoms with Crippen molar-refractivity contribution in [3.8, 4) is 0 Å². The van der Waals surface area contributed by atoms with Gasteiger partial charge in [-0.2, -0.15) is 0 Å². The van der Waals surface area contributed by atoms with Crippen molar-refractivity contribution in [1.82, 2.24) is 10.2 Å². The lowest BCUT2D eigenvalue weighted by Crippen LogP contribution is -2.55. The number of hydrogen-bond acceptors (Lipinski definition) is 3. The molecule has 1 saturated carbocycles. The average molecular weight is 350 g/mol. The van der Waals surface area contributed by atoms with Gasteiger partial charge in [-0.3, -0.25) is 5.32 Å².